The van der Waals surface area contributed by atoms with Crippen molar-refractivity contribution >= 4 is 5.84 Å². The normalized spacial score (nSPS) is 11.5. The number of aliphatic imine (C=N–C) groups is 1. The zero-order valence-electron chi connectivity index (χ0n) is 21.6. The Hall–Kier alpha value is -3.41. The van der Waals surface area contributed by atoms with Gasteiger partial charge in [0.05, 0.1) is 5.69 Å². The standard InChI is InChI=1S/C13H15N5.C8H18.C7H8O/c1-9(2)17-13(14)12-10(3)18(8-16-12)11-4-6-15-7-5-11;1-4-6-7-8(3)5-2;1-6-2-4-7(8)5-3-6/h4-8H,1H2,2-3H3,(H2,14,17);8H,4-7H2,1-3H3;2-5,8H,1H3. The monoisotopic (exact) mass is 463 g/mol. The number of imidazole rings is 1. The summed E-state index contributed by atoms with van der Waals surface area (Å²) in [4.78, 5) is 12.4. The molecule has 0 spiro atoms. The van der Waals surface area contributed by atoms with Crippen LogP contribution in [0.2, 0.25) is 0 Å². The third-order valence-electron chi connectivity index (χ3n) is 5.28. The van der Waals surface area contributed by atoms with Gasteiger partial charge in [-0.3, -0.25) is 4.98 Å². The van der Waals surface area contributed by atoms with Gasteiger partial charge in [0.1, 0.15) is 17.8 Å². The number of unbranched alkanes of at least 4 members (excludes halogenated alkanes) is 1. The molecule has 2 heterocycles. The van der Waals surface area contributed by atoms with Gasteiger partial charge in [-0.25, -0.2) is 9.98 Å². The Morgan fingerprint density at radius 1 is 1.12 bits per heavy atom. The highest BCUT2D eigenvalue weighted by Gasteiger charge is 2.11. The minimum absolute atomic E-state index is 0.329. The highest BCUT2D eigenvalue weighted by Crippen LogP contribution is 2.13. The number of aromatic hydroxyl groups is 1. The van der Waals surface area contributed by atoms with E-state index in [-0.39, 0.29) is 0 Å². The Balaban J connectivity index is 0.000000300. The van der Waals surface area contributed by atoms with Crippen molar-refractivity contribution in [3.05, 3.63) is 84.3 Å². The van der Waals surface area contributed by atoms with E-state index in [4.69, 9.17) is 10.8 Å². The van der Waals surface area contributed by atoms with Crippen LogP contribution in [-0.4, -0.2) is 25.5 Å². The molecule has 6 heteroatoms. The number of aryl methyl sites for hydroxylation is 1. The van der Waals surface area contributed by atoms with Crippen LogP contribution in [-0.2, 0) is 0 Å². The van der Waals surface area contributed by atoms with E-state index in [2.05, 4.69) is 42.3 Å². The Morgan fingerprint density at radius 2 is 1.74 bits per heavy atom. The first-order valence-corrected chi connectivity index (χ1v) is 11.9. The second-order valence-corrected chi connectivity index (χ2v) is 8.48. The topological polar surface area (TPSA) is 89.3 Å². The number of hydrogen-bond acceptors (Lipinski definition) is 4. The molecule has 0 aliphatic rings. The number of nitrogens with two attached hydrogens (primary N) is 1. The van der Waals surface area contributed by atoms with Crippen molar-refractivity contribution in [2.75, 3.05) is 0 Å². The van der Waals surface area contributed by atoms with Crippen molar-refractivity contribution in [1.82, 2.24) is 14.5 Å². The van der Waals surface area contributed by atoms with Gasteiger partial charge in [0.25, 0.3) is 0 Å². The third kappa shape index (κ3) is 10.5. The summed E-state index contributed by atoms with van der Waals surface area (Å²) in [5.74, 6) is 1.67. The van der Waals surface area contributed by atoms with Gasteiger partial charge in [0, 0.05) is 23.8 Å². The van der Waals surface area contributed by atoms with Crippen LogP contribution in [0.15, 0.2) is 72.4 Å². The van der Waals surface area contributed by atoms with E-state index in [1.165, 1.54) is 31.2 Å². The van der Waals surface area contributed by atoms with Crippen LogP contribution in [0.4, 0.5) is 0 Å². The number of phenols is 1. The summed E-state index contributed by atoms with van der Waals surface area (Å²) in [7, 11) is 0. The number of phenolic OH excluding ortho intramolecular Hbond substituents is 1. The Morgan fingerprint density at radius 3 is 2.24 bits per heavy atom. The molecule has 3 N–H and O–H groups in total. The minimum atomic E-state index is 0.329. The Kier molecular flexibility index (Phi) is 13.0. The number of pyridine rings is 1. The first-order chi connectivity index (χ1) is 16.2. The molecule has 0 saturated heterocycles. The quantitative estimate of drug-likeness (QED) is 0.300. The number of aromatic nitrogens is 3. The number of nitrogens with zero attached hydrogens (tertiary/aromatic N) is 4. The molecule has 0 bridgehead atoms. The number of allylic oxidation sites excluding steroid dienone is 1. The number of rotatable bonds is 7. The van der Waals surface area contributed by atoms with Crippen LogP contribution in [0.1, 0.15) is 70.3 Å². The molecule has 0 fully saturated rings. The van der Waals surface area contributed by atoms with Gasteiger partial charge in [-0.2, -0.15) is 0 Å². The summed E-state index contributed by atoms with van der Waals surface area (Å²) < 4.78 is 1.94. The summed E-state index contributed by atoms with van der Waals surface area (Å²) in [6.45, 7) is 16.3. The second-order valence-electron chi connectivity index (χ2n) is 8.48. The number of benzene rings is 1. The van der Waals surface area contributed by atoms with Crippen LogP contribution in [0.3, 0.4) is 0 Å². The largest absolute Gasteiger partial charge is 0.508 e. The first-order valence-electron chi connectivity index (χ1n) is 11.9. The first kappa shape index (κ1) is 28.6. The average Bonchev–Trinajstić information content (AvgIpc) is 3.21. The van der Waals surface area contributed by atoms with Crippen LogP contribution in [0, 0.1) is 19.8 Å². The highest BCUT2D eigenvalue weighted by atomic mass is 16.3. The summed E-state index contributed by atoms with van der Waals surface area (Å²) in [5, 5.41) is 8.76. The van der Waals surface area contributed by atoms with E-state index in [9.17, 15) is 0 Å². The fourth-order valence-corrected chi connectivity index (χ4v) is 2.99. The van der Waals surface area contributed by atoms with E-state index >= 15 is 0 Å². The predicted molar refractivity (Wildman–Crippen MR) is 143 cm³/mol. The van der Waals surface area contributed by atoms with Crippen molar-refractivity contribution < 1.29 is 5.11 Å². The van der Waals surface area contributed by atoms with E-state index in [1.54, 1.807) is 37.8 Å². The molecule has 6 nitrogen and oxygen atoms in total. The highest BCUT2D eigenvalue weighted by molar-refractivity contribution is 5.97. The molecule has 0 saturated carbocycles. The molecule has 0 aliphatic carbocycles. The fraction of sp³-hybridized carbons (Fsp3) is 0.393. The van der Waals surface area contributed by atoms with Crippen LogP contribution >= 0.6 is 0 Å². The predicted octanol–water partition coefficient (Wildman–Crippen LogP) is 6.74. The van der Waals surface area contributed by atoms with Gasteiger partial charge in [-0.05, 0) is 51.0 Å². The number of hydrogen-bond donors (Lipinski definition) is 2. The van der Waals surface area contributed by atoms with Crippen molar-refractivity contribution in [1.29, 1.82) is 0 Å². The molecular formula is C28H41N5O. The molecule has 3 rings (SSSR count). The van der Waals surface area contributed by atoms with Gasteiger partial charge in [0.2, 0.25) is 0 Å². The molecular weight excluding hydrogens is 422 g/mol. The zero-order chi connectivity index (χ0) is 25.5. The van der Waals surface area contributed by atoms with Gasteiger partial charge in [0.15, 0.2) is 5.84 Å². The molecule has 0 amide bonds. The summed E-state index contributed by atoms with van der Waals surface area (Å²) in [6.07, 6.45) is 10.7. The van der Waals surface area contributed by atoms with Crippen LogP contribution < -0.4 is 5.73 Å². The fourth-order valence-electron chi connectivity index (χ4n) is 2.99. The van der Waals surface area contributed by atoms with Crippen LogP contribution in [0.5, 0.6) is 5.75 Å². The molecule has 1 unspecified atom stereocenters. The van der Waals surface area contributed by atoms with Crippen molar-refractivity contribution in [2.45, 2.75) is 67.2 Å². The van der Waals surface area contributed by atoms with E-state index < -0.39 is 0 Å². The van der Waals surface area contributed by atoms with Crippen molar-refractivity contribution in [2.24, 2.45) is 16.6 Å². The van der Waals surface area contributed by atoms with E-state index in [0.29, 0.717) is 23.0 Å². The van der Waals surface area contributed by atoms with Gasteiger partial charge in [-0.1, -0.05) is 70.7 Å². The van der Waals surface area contributed by atoms with E-state index in [1.807, 2.05) is 42.7 Å². The molecule has 0 radical (unpaired) electrons. The molecule has 0 aliphatic heterocycles. The smallest absolute Gasteiger partial charge is 0.151 e. The van der Waals surface area contributed by atoms with E-state index in [0.717, 1.165) is 17.3 Å². The Labute approximate surface area is 205 Å². The summed E-state index contributed by atoms with van der Waals surface area (Å²) in [6, 6.07) is 10.9. The van der Waals surface area contributed by atoms with Gasteiger partial charge in [-0.15, -0.1) is 0 Å². The lowest BCUT2D eigenvalue weighted by atomic mass is 10.0. The molecule has 2 aromatic heterocycles. The minimum Gasteiger partial charge on any atom is -0.508 e. The zero-order valence-corrected chi connectivity index (χ0v) is 21.6. The average molecular weight is 464 g/mol. The van der Waals surface area contributed by atoms with Gasteiger partial charge >= 0.3 is 0 Å². The molecule has 1 atom stereocenters. The third-order valence-corrected chi connectivity index (χ3v) is 5.28. The lowest BCUT2D eigenvalue weighted by Gasteiger charge is -2.05. The Bertz CT molecular complexity index is 986. The lowest BCUT2D eigenvalue weighted by molar-refractivity contribution is 0.475. The molecule has 34 heavy (non-hydrogen) atoms. The summed E-state index contributed by atoms with van der Waals surface area (Å²) >= 11 is 0. The maximum absolute atomic E-state index is 8.76. The second kappa shape index (κ2) is 15.4. The molecule has 3 aromatic rings. The summed E-state index contributed by atoms with van der Waals surface area (Å²) in [5.41, 5.74) is 10.3. The maximum atomic E-state index is 8.76. The lowest BCUT2D eigenvalue weighted by Crippen LogP contribution is -2.15. The molecule has 184 valence electrons. The van der Waals surface area contributed by atoms with Crippen LogP contribution in [0.25, 0.3) is 5.69 Å². The van der Waals surface area contributed by atoms with Crippen molar-refractivity contribution in [3.8, 4) is 11.4 Å². The number of amidine groups is 1. The SMILES string of the molecule is C=C(C)N=C(N)c1ncn(-c2ccncc2)c1C.CCCCC(C)CC.Cc1ccc(O)cc1. The van der Waals surface area contributed by atoms with Crippen molar-refractivity contribution in [3.63, 3.8) is 0 Å². The maximum Gasteiger partial charge on any atom is 0.151 e. The molecule has 1 aromatic carbocycles. The van der Waals surface area contributed by atoms with Gasteiger partial charge < -0.3 is 15.4 Å².